The molecule has 0 saturated carbocycles. The van der Waals surface area contributed by atoms with Crippen LogP contribution in [0.2, 0.25) is 5.02 Å². The van der Waals surface area contributed by atoms with E-state index in [1.807, 2.05) is 0 Å². The molecule has 0 aromatic heterocycles. The van der Waals surface area contributed by atoms with E-state index in [1.54, 1.807) is 30.3 Å². The van der Waals surface area contributed by atoms with E-state index in [4.69, 9.17) is 16.7 Å². The summed E-state index contributed by atoms with van der Waals surface area (Å²) < 4.78 is 22.8. The molecule has 0 fully saturated rings. The van der Waals surface area contributed by atoms with Gasteiger partial charge >= 0.3 is 5.97 Å². The topological polar surface area (TPSA) is 71.4 Å². The van der Waals surface area contributed by atoms with Gasteiger partial charge in [0.1, 0.15) is 0 Å². The van der Waals surface area contributed by atoms with Crippen molar-refractivity contribution in [3.05, 3.63) is 53.1 Å². The van der Waals surface area contributed by atoms with Crippen LogP contribution in [0.5, 0.6) is 0 Å². The Kier molecular flexibility index (Phi) is 4.34. The van der Waals surface area contributed by atoms with Crippen LogP contribution in [0, 0.1) is 0 Å². The van der Waals surface area contributed by atoms with Crippen LogP contribution in [0.15, 0.2) is 47.4 Å². The molecule has 0 unspecified atom stereocenters. The van der Waals surface area contributed by atoms with Crippen LogP contribution in [0.25, 0.3) is 11.1 Å². The third-order valence-electron chi connectivity index (χ3n) is 2.98. The molecule has 0 amide bonds. The number of carboxylic acid groups (broad SMARTS) is 1. The molecule has 0 saturated heterocycles. The molecule has 21 heavy (non-hydrogen) atoms. The van der Waals surface area contributed by atoms with Gasteiger partial charge in [0.05, 0.1) is 11.3 Å². The molecule has 4 nitrogen and oxygen atoms in total. The molecule has 1 N–H and O–H groups in total. The van der Waals surface area contributed by atoms with Crippen molar-refractivity contribution in [2.75, 3.05) is 6.26 Å². The third kappa shape index (κ3) is 3.83. The van der Waals surface area contributed by atoms with E-state index in [9.17, 15) is 13.2 Å². The van der Waals surface area contributed by atoms with Gasteiger partial charge in [-0.25, -0.2) is 8.42 Å². The molecule has 0 aliphatic heterocycles. The highest BCUT2D eigenvalue weighted by Gasteiger charge is 2.10. The Morgan fingerprint density at radius 2 is 1.76 bits per heavy atom. The van der Waals surface area contributed by atoms with Crippen molar-refractivity contribution < 1.29 is 18.3 Å². The summed E-state index contributed by atoms with van der Waals surface area (Å²) in [6, 6.07) is 11.4. The van der Waals surface area contributed by atoms with Gasteiger partial charge in [0.2, 0.25) is 0 Å². The predicted molar refractivity (Wildman–Crippen MR) is 81.3 cm³/mol. The summed E-state index contributed by atoms with van der Waals surface area (Å²) in [5.74, 6) is -0.920. The van der Waals surface area contributed by atoms with Crippen LogP contribution >= 0.6 is 11.6 Å². The molecule has 6 heteroatoms. The minimum absolute atomic E-state index is 0.0903. The summed E-state index contributed by atoms with van der Waals surface area (Å²) in [4.78, 5) is 10.9. The van der Waals surface area contributed by atoms with Gasteiger partial charge in [-0.2, -0.15) is 0 Å². The molecule has 2 rings (SSSR count). The van der Waals surface area contributed by atoms with Gasteiger partial charge in [-0.15, -0.1) is 0 Å². The van der Waals surface area contributed by atoms with Crippen LogP contribution in [-0.4, -0.2) is 25.7 Å². The largest absolute Gasteiger partial charge is 0.481 e. The van der Waals surface area contributed by atoms with Crippen molar-refractivity contribution in [3.63, 3.8) is 0 Å². The summed E-state index contributed by atoms with van der Waals surface area (Å²) in [5.41, 5.74) is 2.11. The molecule has 0 atom stereocenters. The van der Waals surface area contributed by atoms with Crippen molar-refractivity contribution in [3.8, 4) is 11.1 Å². The first kappa shape index (κ1) is 15.5. The first-order chi connectivity index (χ1) is 9.77. The molecular weight excluding hydrogens is 312 g/mol. The van der Waals surface area contributed by atoms with Crippen molar-refractivity contribution in [2.45, 2.75) is 11.3 Å². The number of benzene rings is 2. The van der Waals surface area contributed by atoms with Crippen LogP contribution < -0.4 is 0 Å². The Labute approximate surface area is 127 Å². The van der Waals surface area contributed by atoms with Gasteiger partial charge in [-0.05, 0) is 29.3 Å². The number of hydrogen-bond donors (Lipinski definition) is 1. The van der Waals surface area contributed by atoms with Crippen molar-refractivity contribution in [2.24, 2.45) is 0 Å². The highest BCUT2D eigenvalue weighted by molar-refractivity contribution is 7.90. The Balaban J connectivity index is 2.36. The van der Waals surface area contributed by atoms with Crippen molar-refractivity contribution >= 4 is 27.4 Å². The van der Waals surface area contributed by atoms with Crippen LogP contribution in [0.4, 0.5) is 0 Å². The Morgan fingerprint density at radius 3 is 2.24 bits per heavy atom. The maximum atomic E-state index is 11.4. The van der Waals surface area contributed by atoms with Gasteiger partial charge in [-0.1, -0.05) is 35.9 Å². The van der Waals surface area contributed by atoms with E-state index in [0.29, 0.717) is 10.6 Å². The lowest BCUT2D eigenvalue weighted by Crippen LogP contribution is -2.00. The zero-order chi connectivity index (χ0) is 15.6. The average molecular weight is 325 g/mol. The monoisotopic (exact) mass is 324 g/mol. The summed E-state index contributed by atoms with van der Waals surface area (Å²) in [6.45, 7) is 0. The fraction of sp³-hybridized carbons (Fsp3) is 0.133. The molecule has 0 spiro atoms. The molecular formula is C15H13ClO4S. The Morgan fingerprint density at radius 1 is 1.14 bits per heavy atom. The summed E-state index contributed by atoms with van der Waals surface area (Å²) >= 11 is 6.17. The number of carboxylic acids is 1. The normalized spacial score (nSPS) is 11.3. The van der Waals surface area contributed by atoms with E-state index in [0.717, 1.165) is 17.4 Å². The minimum atomic E-state index is -3.23. The van der Waals surface area contributed by atoms with Crippen LogP contribution in [0.1, 0.15) is 5.56 Å². The van der Waals surface area contributed by atoms with Gasteiger partial charge in [0, 0.05) is 16.8 Å². The number of aliphatic carboxylic acids is 1. The molecule has 2 aromatic carbocycles. The second kappa shape index (κ2) is 5.87. The molecule has 0 bridgehead atoms. The zero-order valence-corrected chi connectivity index (χ0v) is 12.8. The van der Waals surface area contributed by atoms with Gasteiger partial charge in [-0.3, -0.25) is 4.79 Å². The summed E-state index contributed by atoms with van der Waals surface area (Å²) in [5, 5.41) is 9.18. The molecule has 110 valence electrons. The van der Waals surface area contributed by atoms with Gasteiger partial charge in [0.15, 0.2) is 9.84 Å². The number of rotatable bonds is 4. The maximum absolute atomic E-state index is 11.4. The highest BCUT2D eigenvalue weighted by Crippen LogP contribution is 2.29. The fourth-order valence-electron chi connectivity index (χ4n) is 1.96. The van der Waals surface area contributed by atoms with Crippen LogP contribution in [-0.2, 0) is 21.1 Å². The summed E-state index contributed by atoms with van der Waals surface area (Å²) in [7, 11) is -3.23. The second-order valence-corrected chi connectivity index (χ2v) is 7.10. The molecule has 0 radical (unpaired) electrons. The molecule has 0 aliphatic carbocycles. The van der Waals surface area contributed by atoms with E-state index >= 15 is 0 Å². The van der Waals surface area contributed by atoms with E-state index in [2.05, 4.69) is 0 Å². The Hall–Kier alpha value is -1.85. The molecule has 2 aromatic rings. The van der Waals surface area contributed by atoms with Gasteiger partial charge < -0.3 is 5.11 Å². The van der Waals surface area contributed by atoms with Crippen LogP contribution in [0.3, 0.4) is 0 Å². The standard InChI is InChI=1S/C15H13ClO4S/c1-21(19,20)12-5-3-11(4-6-12)13-7-2-10(8-14(13)16)9-15(17)18/h2-8H,9H2,1H3,(H,17,18). The smallest absolute Gasteiger partial charge is 0.307 e. The number of hydrogen-bond acceptors (Lipinski definition) is 3. The van der Waals surface area contributed by atoms with E-state index in [-0.39, 0.29) is 11.3 Å². The quantitative estimate of drug-likeness (QED) is 0.938. The maximum Gasteiger partial charge on any atom is 0.307 e. The van der Waals surface area contributed by atoms with Crippen molar-refractivity contribution in [1.29, 1.82) is 0 Å². The fourth-order valence-corrected chi connectivity index (χ4v) is 2.90. The third-order valence-corrected chi connectivity index (χ3v) is 4.42. The summed E-state index contributed by atoms with van der Waals surface area (Å²) in [6.07, 6.45) is 1.06. The lowest BCUT2D eigenvalue weighted by molar-refractivity contribution is -0.136. The molecule has 0 heterocycles. The molecule has 0 aliphatic rings. The predicted octanol–water partition coefficient (Wildman–Crippen LogP) is 3.04. The number of halogens is 1. The highest BCUT2D eigenvalue weighted by atomic mass is 35.5. The first-order valence-electron chi connectivity index (χ1n) is 6.08. The van der Waals surface area contributed by atoms with E-state index < -0.39 is 15.8 Å². The first-order valence-corrected chi connectivity index (χ1v) is 8.35. The van der Waals surface area contributed by atoms with Gasteiger partial charge in [0.25, 0.3) is 0 Å². The second-order valence-electron chi connectivity index (χ2n) is 4.68. The lowest BCUT2D eigenvalue weighted by atomic mass is 10.0. The SMILES string of the molecule is CS(=O)(=O)c1ccc(-c2ccc(CC(=O)O)cc2Cl)cc1. The Bertz CT molecular complexity index is 780. The number of sulfone groups is 1. The lowest BCUT2D eigenvalue weighted by Gasteiger charge is -2.07. The zero-order valence-electron chi connectivity index (χ0n) is 11.2. The number of carbonyl (C=O) groups is 1. The average Bonchev–Trinajstić information content (AvgIpc) is 2.37. The van der Waals surface area contributed by atoms with E-state index in [1.165, 1.54) is 12.1 Å². The van der Waals surface area contributed by atoms with Crippen molar-refractivity contribution in [1.82, 2.24) is 0 Å². The minimum Gasteiger partial charge on any atom is -0.481 e.